The van der Waals surface area contributed by atoms with E-state index < -0.39 is 10.8 Å². The van der Waals surface area contributed by atoms with Crippen LogP contribution in [0.4, 0.5) is 11.4 Å². The minimum Gasteiger partial charge on any atom is -0.339 e. The van der Waals surface area contributed by atoms with Crippen molar-refractivity contribution in [3.8, 4) is 0 Å². The molecule has 1 aliphatic heterocycles. The van der Waals surface area contributed by atoms with Gasteiger partial charge in [0.25, 0.3) is 5.69 Å². The van der Waals surface area contributed by atoms with Crippen molar-refractivity contribution in [1.29, 1.82) is 0 Å². The number of rotatable bonds is 4. The van der Waals surface area contributed by atoms with Crippen LogP contribution in [0, 0.1) is 16.0 Å². The standard InChI is InChI=1S/C16H18ClN3O4/c17-13-8-12(20(23)24)5-6-14(13)18-16(22)10-7-15(21)19(9-10)11-3-1-2-4-11/h5-6,8,10-11H,1-4,7,9H2,(H,18,22). The van der Waals surface area contributed by atoms with E-state index in [0.29, 0.717) is 12.2 Å². The number of halogens is 1. The van der Waals surface area contributed by atoms with E-state index in [0.717, 1.165) is 25.7 Å². The molecule has 1 aromatic carbocycles. The van der Waals surface area contributed by atoms with E-state index in [4.69, 9.17) is 11.6 Å². The van der Waals surface area contributed by atoms with Crippen LogP contribution in [-0.4, -0.2) is 34.2 Å². The molecule has 1 atom stereocenters. The second kappa shape index (κ2) is 6.76. The molecule has 1 N–H and O–H groups in total. The number of anilines is 1. The molecule has 1 aromatic rings. The highest BCUT2D eigenvalue weighted by Gasteiger charge is 2.38. The Labute approximate surface area is 144 Å². The Kier molecular flexibility index (Phi) is 4.71. The number of nitrogens with one attached hydrogen (secondary N) is 1. The highest BCUT2D eigenvalue weighted by Crippen LogP contribution is 2.31. The number of nitro groups is 1. The second-order valence-corrected chi connectivity index (χ2v) is 6.70. The van der Waals surface area contributed by atoms with Gasteiger partial charge < -0.3 is 10.2 Å². The molecule has 0 bridgehead atoms. The zero-order chi connectivity index (χ0) is 17.3. The molecule has 2 amide bonds. The summed E-state index contributed by atoms with van der Waals surface area (Å²) in [6, 6.07) is 4.15. The quantitative estimate of drug-likeness (QED) is 0.666. The van der Waals surface area contributed by atoms with Gasteiger partial charge in [-0.1, -0.05) is 24.4 Å². The third-order valence-corrected chi connectivity index (χ3v) is 5.03. The Hall–Kier alpha value is -2.15. The van der Waals surface area contributed by atoms with Gasteiger partial charge in [-0.25, -0.2) is 0 Å². The SMILES string of the molecule is O=C(Nc1ccc([N+](=O)[O-])cc1Cl)C1CC(=O)N(C2CCCC2)C1. The Morgan fingerprint density at radius 2 is 2.04 bits per heavy atom. The van der Waals surface area contributed by atoms with Gasteiger partial charge in [-0.2, -0.15) is 0 Å². The lowest BCUT2D eigenvalue weighted by molar-refractivity contribution is -0.384. The molecule has 0 aromatic heterocycles. The van der Waals surface area contributed by atoms with Crippen molar-refractivity contribution in [3.63, 3.8) is 0 Å². The third-order valence-electron chi connectivity index (χ3n) is 4.72. The predicted octanol–water partition coefficient (Wildman–Crippen LogP) is 2.98. The number of nitro benzene ring substituents is 1. The average Bonchev–Trinajstić information content (AvgIpc) is 3.18. The van der Waals surface area contributed by atoms with Gasteiger partial charge in [-0.15, -0.1) is 0 Å². The lowest BCUT2D eigenvalue weighted by atomic mass is 10.1. The first-order valence-electron chi connectivity index (χ1n) is 8.00. The number of non-ortho nitro benzene ring substituents is 1. The number of nitrogens with zero attached hydrogens (tertiary/aromatic N) is 2. The number of amides is 2. The molecule has 24 heavy (non-hydrogen) atoms. The molecule has 3 rings (SSSR count). The summed E-state index contributed by atoms with van der Waals surface area (Å²) in [6.45, 7) is 0.430. The summed E-state index contributed by atoms with van der Waals surface area (Å²) < 4.78 is 0. The molecule has 7 nitrogen and oxygen atoms in total. The van der Waals surface area contributed by atoms with Crippen LogP contribution in [0.5, 0.6) is 0 Å². The first kappa shape index (κ1) is 16.7. The molecule has 0 radical (unpaired) electrons. The first-order valence-corrected chi connectivity index (χ1v) is 8.38. The zero-order valence-electron chi connectivity index (χ0n) is 13.0. The van der Waals surface area contributed by atoms with Crippen molar-refractivity contribution in [2.24, 2.45) is 5.92 Å². The Balaban J connectivity index is 1.65. The Morgan fingerprint density at radius 3 is 2.67 bits per heavy atom. The number of carbonyl (C=O) groups is 2. The summed E-state index contributed by atoms with van der Waals surface area (Å²) >= 11 is 5.99. The van der Waals surface area contributed by atoms with E-state index in [2.05, 4.69) is 5.32 Å². The van der Waals surface area contributed by atoms with Crippen LogP contribution in [0.15, 0.2) is 18.2 Å². The average molecular weight is 352 g/mol. The maximum Gasteiger partial charge on any atom is 0.271 e. The molecule has 0 spiro atoms. The number of carbonyl (C=O) groups excluding carboxylic acids is 2. The summed E-state index contributed by atoms with van der Waals surface area (Å²) in [5.41, 5.74) is 0.181. The number of hydrogen-bond acceptors (Lipinski definition) is 4. The lowest BCUT2D eigenvalue weighted by Crippen LogP contribution is -2.35. The monoisotopic (exact) mass is 351 g/mol. The largest absolute Gasteiger partial charge is 0.339 e. The fraction of sp³-hybridized carbons (Fsp3) is 0.500. The zero-order valence-corrected chi connectivity index (χ0v) is 13.8. The van der Waals surface area contributed by atoms with Crippen LogP contribution in [0.2, 0.25) is 5.02 Å². The molecule has 128 valence electrons. The van der Waals surface area contributed by atoms with Gasteiger partial charge in [0.2, 0.25) is 11.8 Å². The molecular weight excluding hydrogens is 334 g/mol. The topological polar surface area (TPSA) is 92.5 Å². The van der Waals surface area contributed by atoms with Crippen LogP contribution < -0.4 is 5.32 Å². The lowest BCUT2D eigenvalue weighted by Gasteiger charge is -2.23. The van der Waals surface area contributed by atoms with Crippen LogP contribution >= 0.6 is 11.6 Å². The van der Waals surface area contributed by atoms with Gasteiger partial charge in [0.05, 0.1) is 21.6 Å². The van der Waals surface area contributed by atoms with E-state index in [-0.39, 0.29) is 35.0 Å². The molecule has 1 unspecified atom stereocenters. The van der Waals surface area contributed by atoms with Gasteiger partial charge in [0.1, 0.15) is 0 Å². The molecule has 2 aliphatic rings. The summed E-state index contributed by atoms with van der Waals surface area (Å²) in [5.74, 6) is -0.666. The summed E-state index contributed by atoms with van der Waals surface area (Å²) in [4.78, 5) is 36.6. The van der Waals surface area contributed by atoms with Crippen molar-refractivity contribution < 1.29 is 14.5 Å². The normalized spacial score (nSPS) is 21.3. The van der Waals surface area contributed by atoms with E-state index in [1.165, 1.54) is 18.2 Å². The third kappa shape index (κ3) is 3.36. The minimum atomic E-state index is -0.549. The fourth-order valence-electron chi connectivity index (χ4n) is 3.43. The van der Waals surface area contributed by atoms with Gasteiger partial charge in [-0.05, 0) is 18.9 Å². The molecule has 1 saturated heterocycles. The van der Waals surface area contributed by atoms with Crippen LogP contribution in [0.1, 0.15) is 32.1 Å². The molecular formula is C16H18ClN3O4. The van der Waals surface area contributed by atoms with E-state index in [1.807, 2.05) is 4.90 Å². The number of likely N-dealkylation sites (tertiary alicyclic amines) is 1. The maximum absolute atomic E-state index is 12.4. The molecule has 8 heteroatoms. The number of hydrogen-bond donors (Lipinski definition) is 1. The highest BCUT2D eigenvalue weighted by atomic mass is 35.5. The fourth-order valence-corrected chi connectivity index (χ4v) is 3.65. The van der Waals surface area contributed by atoms with Crippen LogP contribution in [-0.2, 0) is 9.59 Å². The van der Waals surface area contributed by atoms with E-state index in [9.17, 15) is 19.7 Å². The van der Waals surface area contributed by atoms with E-state index >= 15 is 0 Å². The van der Waals surface area contributed by atoms with Crippen LogP contribution in [0.25, 0.3) is 0 Å². The second-order valence-electron chi connectivity index (χ2n) is 6.30. The Bertz CT molecular complexity index is 688. The van der Waals surface area contributed by atoms with Gasteiger partial charge in [0.15, 0.2) is 0 Å². The Morgan fingerprint density at radius 1 is 1.33 bits per heavy atom. The van der Waals surface area contributed by atoms with Crippen molar-refractivity contribution in [2.45, 2.75) is 38.1 Å². The molecule has 2 fully saturated rings. The molecule has 1 saturated carbocycles. The summed E-state index contributed by atoms with van der Waals surface area (Å²) in [6.07, 6.45) is 4.48. The van der Waals surface area contributed by atoms with Crippen molar-refractivity contribution >= 4 is 34.8 Å². The minimum absolute atomic E-state index is 0.0249. The van der Waals surface area contributed by atoms with E-state index in [1.54, 1.807) is 0 Å². The van der Waals surface area contributed by atoms with Crippen LogP contribution in [0.3, 0.4) is 0 Å². The highest BCUT2D eigenvalue weighted by molar-refractivity contribution is 6.34. The van der Waals surface area contributed by atoms with Crippen molar-refractivity contribution in [2.75, 3.05) is 11.9 Å². The van der Waals surface area contributed by atoms with Crippen molar-refractivity contribution in [1.82, 2.24) is 4.90 Å². The first-order chi connectivity index (χ1) is 11.5. The van der Waals surface area contributed by atoms with Gasteiger partial charge in [-0.3, -0.25) is 19.7 Å². The van der Waals surface area contributed by atoms with Gasteiger partial charge in [0, 0.05) is 31.1 Å². The summed E-state index contributed by atoms with van der Waals surface area (Å²) in [7, 11) is 0. The van der Waals surface area contributed by atoms with Gasteiger partial charge >= 0.3 is 0 Å². The predicted molar refractivity (Wildman–Crippen MR) is 88.8 cm³/mol. The smallest absolute Gasteiger partial charge is 0.271 e. The maximum atomic E-state index is 12.4. The number of benzene rings is 1. The summed E-state index contributed by atoms with van der Waals surface area (Å²) in [5, 5.41) is 13.5. The van der Waals surface area contributed by atoms with Crippen molar-refractivity contribution in [3.05, 3.63) is 33.3 Å². The molecule has 1 heterocycles. The molecule has 1 aliphatic carbocycles.